The Balaban J connectivity index is 1.50. The van der Waals surface area contributed by atoms with E-state index >= 15 is 0 Å². The molecule has 51 heavy (non-hydrogen) atoms. The van der Waals surface area contributed by atoms with Crippen LogP contribution in [0, 0.1) is 6.92 Å². The molecule has 0 radical (unpaired) electrons. The van der Waals surface area contributed by atoms with E-state index in [0.29, 0.717) is 35.9 Å². The normalized spacial score (nSPS) is 12.7. The number of hydrogen-bond acceptors (Lipinski definition) is 11. The zero-order valence-electron chi connectivity index (χ0n) is 29.6. The number of esters is 1. The number of imidazole rings is 2. The van der Waals surface area contributed by atoms with E-state index in [1.165, 1.54) is 19.6 Å². The molecule has 1 aromatic carbocycles. The van der Waals surface area contributed by atoms with Gasteiger partial charge in [0.05, 0.1) is 41.5 Å². The minimum atomic E-state index is -3.85. The number of unbranched alkanes of at least 4 members (excludes halogenated alkanes) is 3. The van der Waals surface area contributed by atoms with E-state index < -0.39 is 28.1 Å². The van der Waals surface area contributed by atoms with E-state index in [1.807, 2.05) is 38.1 Å². The van der Waals surface area contributed by atoms with Crippen molar-refractivity contribution in [3.05, 3.63) is 89.8 Å². The quantitative estimate of drug-likeness (QED) is 0.0561. The Kier molecular flexibility index (Phi) is 15.0. The van der Waals surface area contributed by atoms with E-state index in [-0.39, 0.29) is 30.3 Å². The number of aromatic nitrogens is 5. The Morgan fingerprint density at radius 3 is 2.29 bits per heavy atom. The summed E-state index contributed by atoms with van der Waals surface area (Å²) in [5, 5.41) is 9.60. The van der Waals surface area contributed by atoms with Gasteiger partial charge < -0.3 is 19.9 Å². The maximum absolute atomic E-state index is 13.5. The fourth-order valence-electron chi connectivity index (χ4n) is 5.31. The highest BCUT2D eigenvalue weighted by atomic mass is 35.5. The van der Waals surface area contributed by atoms with Gasteiger partial charge in [0, 0.05) is 76.2 Å². The molecule has 0 aliphatic carbocycles. The molecule has 14 nitrogen and oxygen atoms in total. The standard InChI is InChI=1S/C35H48ClN9O5S/c1-25-9-11-31(12-10-25)51(48,49)45-22-29(42-24-45)18-32(34(46)38-14-8-6-5-7-13-36)39-20-27-15-30(44(2)3)16-28(43-27)21-40-33(35(47)50-4)17-26-19-37-23-41-26/h9-12,15-16,19,22-24,32-33,39-40H,5-8,13-14,17-18,20-21H2,1-4H3,(H,37,41)(H,38,46)/t32-,33-/m0/s1. The second kappa shape index (κ2) is 19.3. The summed E-state index contributed by atoms with van der Waals surface area (Å²) < 4.78 is 32.6. The number of benzene rings is 1. The first-order valence-corrected chi connectivity index (χ1v) is 18.9. The van der Waals surface area contributed by atoms with Crippen LogP contribution in [0.2, 0.25) is 0 Å². The zero-order chi connectivity index (χ0) is 36.8. The molecule has 0 spiro atoms. The molecule has 16 heteroatoms. The van der Waals surface area contributed by atoms with Gasteiger partial charge in [-0.05, 0) is 44.0 Å². The van der Waals surface area contributed by atoms with Crippen LogP contribution in [0.3, 0.4) is 0 Å². The summed E-state index contributed by atoms with van der Waals surface area (Å²) in [6.07, 6.45) is 10.1. The third kappa shape index (κ3) is 11.9. The SMILES string of the molecule is COC(=O)[C@H](Cc1cnc[nH]1)NCc1cc(N(C)C)cc(CN[C@@H](Cc2cn(S(=O)(=O)c3ccc(C)cc3)cn2)C(=O)NCCCCCCCl)n1. The van der Waals surface area contributed by atoms with Crippen LogP contribution in [0.15, 0.2) is 66.3 Å². The number of anilines is 1. The number of carbonyl (C=O) groups excluding carboxylic acids is 2. The molecule has 3 heterocycles. The minimum absolute atomic E-state index is 0.144. The molecule has 4 N–H and O–H groups in total. The number of alkyl halides is 1. The molecular formula is C35H48ClN9O5S. The molecule has 0 bridgehead atoms. The van der Waals surface area contributed by atoms with Crippen molar-refractivity contribution in [2.75, 3.05) is 38.5 Å². The van der Waals surface area contributed by atoms with Crippen LogP contribution in [0.5, 0.6) is 0 Å². The number of nitrogens with zero attached hydrogens (tertiary/aromatic N) is 5. The molecular weight excluding hydrogens is 694 g/mol. The highest BCUT2D eigenvalue weighted by Crippen LogP contribution is 2.18. The van der Waals surface area contributed by atoms with Gasteiger partial charge in [0.15, 0.2) is 0 Å². The largest absolute Gasteiger partial charge is 0.468 e. The number of H-pyrrole nitrogens is 1. The molecule has 2 atom stereocenters. The lowest BCUT2D eigenvalue weighted by atomic mass is 10.1. The van der Waals surface area contributed by atoms with Gasteiger partial charge in [-0.1, -0.05) is 30.5 Å². The van der Waals surface area contributed by atoms with Crippen molar-refractivity contribution in [2.24, 2.45) is 0 Å². The van der Waals surface area contributed by atoms with Crippen molar-refractivity contribution in [2.45, 2.75) is 75.5 Å². The lowest BCUT2D eigenvalue weighted by Crippen LogP contribution is -2.45. The number of rotatable bonds is 21. The highest BCUT2D eigenvalue weighted by molar-refractivity contribution is 7.90. The Morgan fingerprint density at radius 1 is 0.980 bits per heavy atom. The summed E-state index contributed by atoms with van der Waals surface area (Å²) in [4.78, 5) is 44.4. The highest BCUT2D eigenvalue weighted by Gasteiger charge is 2.24. The molecule has 1 amide bonds. The maximum atomic E-state index is 13.5. The van der Waals surface area contributed by atoms with Crippen molar-refractivity contribution in [3.8, 4) is 0 Å². The Hall–Kier alpha value is -4.31. The first-order valence-electron chi connectivity index (χ1n) is 16.9. The Labute approximate surface area is 304 Å². The molecule has 0 unspecified atom stereocenters. The monoisotopic (exact) mass is 741 g/mol. The fourth-order valence-corrected chi connectivity index (χ4v) is 6.66. The summed E-state index contributed by atoms with van der Waals surface area (Å²) >= 11 is 5.80. The van der Waals surface area contributed by atoms with Gasteiger partial charge in [-0.25, -0.2) is 22.4 Å². The minimum Gasteiger partial charge on any atom is -0.468 e. The second-order valence-electron chi connectivity index (χ2n) is 12.5. The van der Waals surface area contributed by atoms with E-state index in [9.17, 15) is 18.0 Å². The number of ether oxygens (including phenoxy) is 1. The van der Waals surface area contributed by atoms with Crippen molar-refractivity contribution >= 4 is 39.2 Å². The predicted octanol–water partition coefficient (Wildman–Crippen LogP) is 3.10. The first kappa shape index (κ1) is 39.5. The maximum Gasteiger partial charge on any atom is 0.323 e. The van der Waals surface area contributed by atoms with Gasteiger partial charge in [0.1, 0.15) is 12.4 Å². The molecule has 4 rings (SSSR count). The van der Waals surface area contributed by atoms with Crippen LogP contribution >= 0.6 is 11.6 Å². The number of halogens is 1. The van der Waals surface area contributed by atoms with Crippen LogP contribution in [0.4, 0.5) is 5.69 Å². The van der Waals surface area contributed by atoms with Gasteiger partial charge in [-0.3, -0.25) is 25.2 Å². The van der Waals surface area contributed by atoms with Crippen molar-refractivity contribution in [3.63, 3.8) is 0 Å². The molecule has 0 aliphatic rings. The summed E-state index contributed by atoms with van der Waals surface area (Å²) in [6, 6.07) is 9.09. The molecule has 3 aromatic heterocycles. The van der Waals surface area contributed by atoms with Gasteiger partial charge in [0.25, 0.3) is 10.0 Å². The van der Waals surface area contributed by atoms with Crippen molar-refractivity contribution in [1.82, 2.24) is 39.9 Å². The third-order valence-electron chi connectivity index (χ3n) is 8.26. The van der Waals surface area contributed by atoms with Gasteiger partial charge >= 0.3 is 5.97 Å². The number of pyridine rings is 1. The topological polar surface area (TPSA) is 176 Å². The lowest BCUT2D eigenvalue weighted by Gasteiger charge is -2.20. The molecule has 276 valence electrons. The molecule has 4 aromatic rings. The Morgan fingerprint density at radius 2 is 1.67 bits per heavy atom. The summed E-state index contributed by atoms with van der Waals surface area (Å²) in [6.45, 7) is 2.90. The predicted molar refractivity (Wildman–Crippen MR) is 196 cm³/mol. The van der Waals surface area contributed by atoms with Crippen LogP contribution in [-0.2, 0) is 50.3 Å². The van der Waals surface area contributed by atoms with Crippen molar-refractivity contribution < 1.29 is 22.7 Å². The molecule has 0 aliphatic heterocycles. The molecule has 0 fully saturated rings. The average Bonchev–Trinajstić information content (AvgIpc) is 3.82. The average molecular weight is 742 g/mol. The van der Waals surface area contributed by atoms with Gasteiger partial charge in [-0.15, -0.1) is 11.6 Å². The zero-order valence-corrected chi connectivity index (χ0v) is 31.1. The van der Waals surface area contributed by atoms with Crippen LogP contribution in [0.25, 0.3) is 0 Å². The van der Waals surface area contributed by atoms with Gasteiger partial charge in [-0.2, -0.15) is 0 Å². The van der Waals surface area contributed by atoms with Crippen LogP contribution in [-0.4, -0.2) is 89.9 Å². The number of carbonyl (C=O) groups is 2. The number of hydrogen-bond donors (Lipinski definition) is 4. The third-order valence-corrected chi connectivity index (χ3v) is 10.1. The Bertz CT molecular complexity index is 1800. The summed E-state index contributed by atoms with van der Waals surface area (Å²) in [7, 11) is 1.33. The molecule has 0 saturated heterocycles. The van der Waals surface area contributed by atoms with E-state index in [4.69, 9.17) is 21.3 Å². The van der Waals surface area contributed by atoms with Gasteiger partial charge in [0.2, 0.25) is 5.91 Å². The van der Waals surface area contributed by atoms with E-state index in [2.05, 4.69) is 30.9 Å². The fraction of sp³-hybridized carbons (Fsp3) is 0.457. The number of methoxy groups -OCH3 is 1. The number of nitrogens with one attached hydrogen (secondary N) is 4. The van der Waals surface area contributed by atoms with Crippen molar-refractivity contribution in [1.29, 1.82) is 0 Å². The van der Waals surface area contributed by atoms with Crippen LogP contribution in [0.1, 0.15) is 54.0 Å². The van der Waals surface area contributed by atoms with Crippen LogP contribution < -0.4 is 20.9 Å². The summed E-state index contributed by atoms with van der Waals surface area (Å²) in [5.41, 5.74) is 4.42. The summed E-state index contributed by atoms with van der Waals surface area (Å²) in [5.74, 6) is -0.0198. The lowest BCUT2D eigenvalue weighted by molar-refractivity contribution is -0.143. The van der Waals surface area contributed by atoms with E-state index in [1.54, 1.807) is 36.8 Å². The second-order valence-corrected chi connectivity index (χ2v) is 14.7. The molecule has 0 saturated carbocycles. The smallest absolute Gasteiger partial charge is 0.323 e. The number of aromatic amines is 1. The van der Waals surface area contributed by atoms with E-state index in [0.717, 1.165) is 46.6 Å². The number of amides is 1. The first-order chi connectivity index (χ1) is 24.5. The number of aryl methyl sites for hydroxylation is 1.